The van der Waals surface area contributed by atoms with Crippen molar-refractivity contribution in [3.8, 4) is 11.5 Å². The summed E-state index contributed by atoms with van der Waals surface area (Å²) < 4.78 is 11.0. The summed E-state index contributed by atoms with van der Waals surface area (Å²) in [6, 6.07) is 16.2. The molecule has 0 aliphatic rings. The van der Waals surface area contributed by atoms with E-state index in [1.165, 1.54) is 0 Å². The molecular weight excluding hydrogens is 242 g/mol. The van der Waals surface area contributed by atoms with Gasteiger partial charge in [-0.1, -0.05) is 18.2 Å². The molecule has 0 bridgehead atoms. The first-order valence-corrected chi connectivity index (χ1v) is 5.96. The Balaban J connectivity index is 1.75. The standard InChI is InChI=1S/C15H15NO3/c16-15(17)12-6-8-14(9-7-12)19-11-10-18-13-4-2-1-3-5-13/h1-9H,10-11H2,(H2,16,17). The third-order valence-corrected chi connectivity index (χ3v) is 2.50. The lowest BCUT2D eigenvalue weighted by atomic mass is 10.2. The second kappa shape index (κ2) is 6.44. The van der Waals surface area contributed by atoms with Gasteiger partial charge < -0.3 is 15.2 Å². The van der Waals surface area contributed by atoms with Crippen LogP contribution in [0.4, 0.5) is 0 Å². The zero-order valence-corrected chi connectivity index (χ0v) is 10.4. The molecule has 0 spiro atoms. The highest BCUT2D eigenvalue weighted by Crippen LogP contribution is 2.12. The summed E-state index contributed by atoms with van der Waals surface area (Å²) in [5.41, 5.74) is 5.62. The minimum atomic E-state index is -0.445. The third kappa shape index (κ3) is 4.03. The van der Waals surface area contributed by atoms with Crippen molar-refractivity contribution in [2.45, 2.75) is 0 Å². The second-order valence-electron chi connectivity index (χ2n) is 3.90. The number of primary amides is 1. The Hall–Kier alpha value is -2.49. The first-order chi connectivity index (χ1) is 9.25. The smallest absolute Gasteiger partial charge is 0.248 e. The van der Waals surface area contributed by atoms with Crippen molar-refractivity contribution in [3.63, 3.8) is 0 Å². The van der Waals surface area contributed by atoms with Gasteiger partial charge in [-0.3, -0.25) is 4.79 Å². The van der Waals surface area contributed by atoms with Crippen LogP contribution in [0.25, 0.3) is 0 Å². The normalized spacial score (nSPS) is 9.89. The van der Waals surface area contributed by atoms with Crippen LogP contribution in [0.15, 0.2) is 54.6 Å². The predicted molar refractivity (Wildman–Crippen MR) is 72.4 cm³/mol. The second-order valence-corrected chi connectivity index (χ2v) is 3.90. The number of hydrogen-bond acceptors (Lipinski definition) is 3. The minimum Gasteiger partial charge on any atom is -0.490 e. The molecule has 19 heavy (non-hydrogen) atoms. The molecule has 0 saturated carbocycles. The van der Waals surface area contributed by atoms with Crippen molar-refractivity contribution < 1.29 is 14.3 Å². The summed E-state index contributed by atoms with van der Waals surface area (Å²) in [5, 5.41) is 0. The van der Waals surface area contributed by atoms with E-state index in [2.05, 4.69) is 0 Å². The molecule has 1 amide bonds. The first-order valence-electron chi connectivity index (χ1n) is 5.96. The van der Waals surface area contributed by atoms with Gasteiger partial charge in [-0.25, -0.2) is 0 Å². The van der Waals surface area contributed by atoms with E-state index in [1.54, 1.807) is 24.3 Å². The molecule has 2 rings (SSSR count). The van der Waals surface area contributed by atoms with Gasteiger partial charge in [-0.05, 0) is 36.4 Å². The molecule has 4 nitrogen and oxygen atoms in total. The number of carbonyl (C=O) groups is 1. The monoisotopic (exact) mass is 257 g/mol. The maximum atomic E-state index is 10.9. The van der Waals surface area contributed by atoms with Crippen molar-refractivity contribution in [3.05, 3.63) is 60.2 Å². The highest BCUT2D eigenvalue weighted by Gasteiger charge is 2.00. The highest BCUT2D eigenvalue weighted by atomic mass is 16.5. The van der Waals surface area contributed by atoms with Crippen molar-refractivity contribution >= 4 is 5.91 Å². The Morgan fingerprint density at radius 2 is 1.37 bits per heavy atom. The quantitative estimate of drug-likeness (QED) is 0.807. The van der Waals surface area contributed by atoms with E-state index in [0.29, 0.717) is 24.5 Å². The molecule has 0 aromatic heterocycles. The molecule has 98 valence electrons. The van der Waals surface area contributed by atoms with Crippen molar-refractivity contribution in [1.82, 2.24) is 0 Å². The Morgan fingerprint density at radius 3 is 1.89 bits per heavy atom. The van der Waals surface area contributed by atoms with Crippen molar-refractivity contribution in [2.75, 3.05) is 13.2 Å². The average Bonchev–Trinajstić information content (AvgIpc) is 2.45. The molecule has 2 N–H and O–H groups in total. The van der Waals surface area contributed by atoms with Gasteiger partial charge in [-0.15, -0.1) is 0 Å². The van der Waals surface area contributed by atoms with Gasteiger partial charge in [0.2, 0.25) is 5.91 Å². The Bertz CT molecular complexity index is 523. The van der Waals surface area contributed by atoms with Crippen LogP contribution in [-0.4, -0.2) is 19.1 Å². The molecule has 0 aliphatic carbocycles. The van der Waals surface area contributed by atoms with Crippen LogP contribution in [0.3, 0.4) is 0 Å². The highest BCUT2D eigenvalue weighted by molar-refractivity contribution is 5.92. The topological polar surface area (TPSA) is 61.6 Å². The predicted octanol–water partition coefficient (Wildman–Crippen LogP) is 2.24. The van der Waals surface area contributed by atoms with Gasteiger partial charge >= 0.3 is 0 Å². The van der Waals surface area contributed by atoms with Crippen molar-refractivity contribution in [2.24, 2.45) is 5.73 Å². The fraction of sp³-hybridized carbons (Fsp3) is 0.133. The van der Waals surface area contributed by atoms with E-state index >= 15 is 0 Å². The lowest BCUT2D eigenvalue weighted by Crippen LogP contribution is -2.11. The molecule has 2 aromatic rings. The summed E-state index contributed by atoms with van der Waals surface area (Å²) in [6.45, 7) is 0.895. The lowest BCUT2D eigenvalue weighted by Gasteiger charge is -2.08. The number of nitrogens with two attached hydrogens (primary N) is 1. The van der Waals surface area contributed by atoms with Crippen LogP contribution in [0.1, 0.15) is 10.4 Å². The first kappa shape index (κ1) is 13.0. The van der Waals surface area contributed by atoms with E-state index in [-0.39, 0.29) is 0 Å². The molecule has 0 radical (unpaired) electrons. The lowest BCUT2D eigenvalue weighted by molar-refractivity contribution is 0.1000. The summed E-state index contributed by atoms with van der Waals surface area (Å²) in [4.78, 5) is 10.9. The summed E-state index contributed by atoms with van der Waals surface area (Å²) >= 11 is 0. The van der Waals surface area contributed by atoms with Crippen LogP contribution in [0.5, 0.6) is 11.5 Å². The molecule has 0 saturated heterocycles. The van der Waals surface area contributed by atoms with E-state index in [0.717, 1.165) is 5.75 Å². The number of carbonyl (C=O) groups excluding carboxylic acids is 1. The van der Waals surface area contributed by atoms with Gasteiger partial charge in [0.05, 0.1) is 0 Å². The molecule has 0 atom stereocenters. The summed E-state index contributed by atoms with van der Waals surface area (Å²) in [7, 11) is 0. The molecule has 4 heteroatoms. The van der Waals surface area contributed by atoms with Gasteiger partial charge in [0.1, 0.15) is 24.7 Å². The van der Waals surface area contributed by atoms with E-state index < -0.39 is 5.91 Å². The summed E-state index contributed by atoms with van der Waals surface area (Å²) in [6.07, 6.45) is 0. The number of rotatable bonds is 6. The number of ether oxygens (including phenoxy) is 2. The zero-order valence-electron chi connectivity index (χ0n) is 10.4. The maximum absolute atomic E-state index is 10.9. The number of hydrogen-bond donors (Lipinski definition) is 1. The van der Waals surface area contributed by atoms with Gasteiger partial charge in [0.15, 0.2) is 0 Å². The fourth-order valence-corrected chi connectivity index (χ4v) is 1.55. The molecule has 0 fully saturated rings. The Kier molecular flexibility index (Phi) is 4.39. The molecule has 0 unspecified atom stereocenters. The van der Waals surface area contributed by atoms with E-state index in [9.17, 15) is 4.79 Å². The third-order valence-electron chi connectivity index (χ3n) is 2.50. The van der Waals surface area contributed by atoms with Crippen LogP contribution >= 0.6 is 0 Å². The van der Waals surface area contributed by atoms with Crippen LogP contribution in [0, 0.1) is 0 Å². The van der Waals surface area contributed by atoms with Crippen LogP contribution in [0.2, 0.25) is 0 Å². The van der Waals surface area contributed by atoms with Crippen LogP contribution < -0.4 is 15.2 Å². The SMILES string of the molecule is NC(=O)c1ccc(OCCOc2ccccc2)cc1. The molecule has 0 heterocycles. The Labute approximate surface area is 111 Å². The van der Waals surface area contributed by atoms with Gasteiger partial charge in [0, 0.05) is 5.56 Å². The fourth-order valence-electron chi connectivity index (χ4n) is 1.55. The van der Waals surface area contributed by atoms with Crippen LogP contribution in [-0.2, 0) is 0 Å². The minimum absolute atomic E-state index is 0.435. The molecular formula is C15H15NO3. The van der Waals surface area contributed by atoms with Gasteiger partial charge in [-0.2, -0.15) is 0 Å². The van der Waals surface area contributed by atoms with E-state index in [1.807, 2.05) is 30.3 Å². The van der Waals surface area contributed by atoms with Crippen molar-refractivity contribution in [1.29, 1.82) is 0 Å². The molecule has 0 aliphatic heterocycles. The number of amides is 1. The zero-order chi connectivity index (χ0) is 13.5. The number of benzene rings is 2. The largest absolute Gasteiger partial charge is 0.490 e. The summed E-state index contributed by atoms with van der Waals surface area (Å²) in [5.74, 6) is 1.05. The van der Waals surface area contributed by atoms with E-state index in [4.69, 9.17) is 15.2 Å². The Morgan fingerprint density at radius 1 is 0.842 bits per heavy atom. The average molecular weight is 257 g/mol. The van der Waals surface area contributed by atoms with Gasteiger partial charge in [0.25, 0.3) is 0 Å². The number of para-hydroxylation sites is 1. The molecule has 2 aromatic carbocycles. The maximum Gasteiger partial charge on any atom is 0.248 e.